The Hall–Kier alpha value is -1.37. The van der Waals surface area contributed by atoms with Gasteiger partial charge >= 0.3 is 0 Å². The summed E-state index contributed by atoms with van der Waals surface area (Å²) in [5.74, 6) is 0.579. The van der Waals surface area contributed by atoms with Crippen LogP contribution in [0.15, 0.2) is 41.4 Å². The maximum atomic E-state index is 4.60. The molecule has 0 saturated carbocycles. The van der Waals surface area contributed by atoms with Crippen LogP contribution in [0.25, 0.3) is 0 Å². The third-order valence-electron chi connectivity index (χ3n) is 3.46. The van der Waals surface area contributed by atoms with E-state index in [9.17, 15) is 0 Å². The summed E-state index contributed by atoms with van der Waals surface area (Å²) < 4.78 is 0. The van der Waals surface area contributed by atoms with Crippen molar-refractivity contribution in [2.24, 2.45) is 10.9 Å². The first-order valence-corrected chi connectivity index (χ1v) is 7.56. The van der Waals surface area contributed by atoms with E-state index in [1.54, 1.807) is 0 Å². The lowest BCUT2D eigenvalue weighted by molar-refractivity contribution is 0.584. The van der Waals surface area contributed by atoms with Crippen molar-refractivity contribution in [3.63, 3.8) is 0 Å². The summed E-state index contributed by atoms with van der Waals surface area (Å²) in [6, 6.07) is 9.05. The summed E-state index contributed by atoms with van der Waals surface area (Å²) in [6.07, 6.45) is 5.19. The maximum Gasteiger partial charge on any atom is 0.0421 e. The average molecular weight is 271 g/mol. The zero-order valence-corrected chi connectivity index (χ0v) is 13.9. The topological polar surface area (TPSA) is 12.4 Å². The van der Waals surface area contributed by atoms with Gasteiger partial charge in [0, 0.05) is 12.3 Å². The highest BCUT2D eigenvalue weighted by Crippen LogP contribution is 2.22. The minimum Gasteiger partial charge on any atom is -0.290 e. The van der Waals surface area contributed by atoms with Gasteiger partial charge in [-0.3, -0.25) is 4.99 Å². The average Bonchev–Trinajstić information content (AvgIpc) is 2.36. The SMILES string of the molecule is C/C=C\C(C)=N/CC(C)Cc1ccc(C(C)(C)C)cc1. The molecule has 0 saturated heterocycles. The molecule has 1 aromatic rings. The summed E-state index contributed by atoms with van der Waals surface area (Å²) in [4.78, 5) is 4.60. The van der Waals surface area contributed by atoms with E-state index in [4.69, 9.17) is 0 Å². The van der Waals surface area contributed by atoms with Crippen LogP contribution in [-0.2, 0) is 11.8 Å². The van der Waals surface area contributed by atoms with Gasteiger partial charge in [-0.15, -0.1) is 0 Å². The van der Waals surface area contributed by atoms with Gasteiger partial charge in [0.2, 0.25) is 0 Å². The first-order valence-electron chi connectivity index (χ1n) is 7.56. The lowest BCUT2D eigenvalue weighted by Crippen LogP contribution is -2.11. The molecule has 1 aromatic carbocycles. The number of aliphatic imine (C=N–C) groups is 1. The quantitative estimate of drug-likeness (QED) is 0.653. The van der Waals surface area contributed by atoms with Gasteiger partial charge in [0.05, 0.1) is 0 Å². The van der Waals surface area contributed by atoms with Gasteiger partial charge in [-0.05, 0) is 48.8 Å². The van der Waals surface area contributed by atoms with Crippen LogP contribution in [0.3, 0.4) is 0 Å². The number of hydrogen-bond donors (Lipinski definition) is 0. The monoisotopic (exact) mass is 271 g/mol. The molecule has 0 fully saturated rings. The Morgan fingerprint density at radius 2 is 1.80 bits per heavy atom. The zero-order chi connectivity index (χ0) is 15.2. The summed E-state index contributed by atoms with van der Waals surface area (Å²) in [7, 11) is 0. The minimum absolute atomic E-state index is 0.234. The third kappa shape index (κ3) is 5.73. The molecule has 0 aromatic heterocycles. The second kappa shape index (κ2) is 7.42. The van der Waals surface area contributed by atoms with E-state index in [0.717, 1.165) is 18.7 Å². The fourth-order valence-electron chi connectivity index (χ4n) is 2.20. The molecule has 0 aliphatic rings. The Morgan fingerprint density at radius 1 is 1.20 bits per heavy atom. The van der Waals surface area contributed by atoms with E-state index in [-0.39, 0.29) is 5.41 Å². The van der Waals surface area contributed by atoms with Crippen LogP contribution in [0.2, 0.25) is 0 Å². The molecule has 0 amide bonds. The molecule has 1 unspecified atom stereocenters. The normalized spacial score (nSPS) is 14.8. The smallest absolute Gasteiger partial charge is 0.0421 e. The van der Waals surface area contributed by atoms with Crippen LogP contribution in [0.5, 0.6) is 0 Å². The predicted molar refractivity (Wildman–Crippen MR) is 90.8 cm³/mol. The molecule has 0 aliphatic heterocycles. The van der Waals surface area contributed by atoms with Crippen molar-refractivity contribution in [1.29, 1.82) is 0 Å². The van der Waals surface area contributed by atoms with Gasteiger partial charge in [0.15, 0.2) is 0 Å². The predicted octanol–water partition coefficient (Wildman–Crippen LogP) is 5.20. The first-order chi connectivity index (χ1) is 9.32. The van der Waals surface area contributed by atoms with Gasteiger partial charge in [0.1, 0.15) is 0 Å². The molecule has 20 heavy (non-hydrogen) atoms. The highest BCUT2D eigenvalue weighted by molar-refractivity contribution is 5.92. The Kier molecular flexibility index (Phi) is 6.19. The largest absolute Gasteiger partial charge is 0.290 e. The molecular formula is C19H29N. The van der Waals surface area contributed by atoms with Crippen LogP contribution >= 0.6 is 0 Å². The number of rotatable bonds is 5. The lowest BCUT2D eigenvalue weighted by atomic mass is 9.86. The molecule has 0 spiro atoms. The fourth-order valence-corrected chi connectivity index (χ4v) is 2.20. The van der Waals surface area contributed by atoms with E-state index >= 15 is 0 Å². The summed E-state index contributed by atoms with van der Waals surface area (Å²) in [6.45, 7) is 14.0. The number of benzene rings is 1. The number of nitrogens with zero attached hydrogens (tertiary/aromatic N) is 1. The molecule has 0 heterocycles. The van der Waals surface area contributed by atoms with Crippen molar-refractivity contribution in [1.82, 2.24) is 0 Å². The number of hydrogen-bond acceptors (Lipinski definition) is 1. The van der Waals surface area contributed by atoms with Crippen molar-refractivity contribution in [3.05, 3.63) is 47.5 Å². The Bertz CT molecular complexity index is 458. The molecule has 0 radical (unpaired) electrons. The molecule has 1 rings (SSSR count). The van der Waals surface area contributed by atoms with Gasteiger partial charge < -0.3 is 0 Å². The lowest BCUT2D eigenvalue weighted by Gasteiger charge is -2.19. The summed E-state index contributed by atoms with van der Waals surface area (Å²) in [5.41, 5.74) is 4.15. The van der Waals surface area contributed by atoms with Crippen molar-refractivity contribution in [2.45, 2.75) is 53.4 Å². The fraction of sp³-hybridized carbons (Fsp3) is 0.526. The molecule has 0 aliphatic carbocycles. The van der Waals surface area contributed by atoms with Gasteiger partial charge in [0.25, 0.3) is 0 Å². The molecule has 0 N–H and O–H groups in total. The van der Waals surface area contributed by atoms with Crippen molar-refractivity contribution >= 4 is 5.71 Å². The van der Waals surface area contributed by atoms with E-state index in [1.165, 1.54) is 11.1 Å². The Balaban J connectivity index is 2.58. The van der Waals surface area contributed by atoms with E-state index in [1.807, 2.05) is 13.0 Å². The summed E-state index contributed by atoms with van der Waals surface area (Å²) >= 11 is 0. The van der Waals surface area contributed by atoms with Crippen LogP contribution in [0.4, 0.5) is 0 Å². The molecular weight excluding hydrogens is 242 g/mol. The molecule has 1 nitrogen and oxygen atoms in total. The third-order valence-corrected chi connectivity index (χ3v) is 3.46. The van der Waals surface area contributed by atoms with E-state index < -0.39 is 0 Å². The standard InChI is InChI=1S/C19H29N/c1-7-8-16(3)20-14-15(2)13-17-9-11-18(12-10-17)19(4,5)6/h7-12,15H,13-14H2,1-6H3/b8-7-,20-16-. The second-order valence-corrected chi connectivity index (χ2v) is 6.74. The van der Waals surface area contributed by atoms with Gasteiger partial charge in [-0.1, -0.05) is 58.0 Å². The second-order valence-electron chi connectivity index (χ2n) is 6.74. The molecule has 1 atom stereocenters. The van der Waals surface area contributed by atoms with E-state index in [0.29, 0.717) is 5.92 Å². The van der Waals surface area contributed by atoms with Crippen LogP contribution in [0.1, 0.15) is 52.7 Å². The van der Waals surface area contributed by atoms with Gasteiger partial charge in [-0.2, -0.15) is 0 Å². The first kappa shape index (κ1) is 16.7. The van der Waals surface area contributed by atoms with Crippen molar-refractivity contribution in [2.75, 3.05) is 6.54 Å². The van der Waals surface area contributed by atoms with Crippen molar-refractivity contribution < 1.29 is 0 Å². The van der Waals surface area contributed by atoms with E-state index in [2.05, 4.69) is 70.0 Å². The molecule has 1 heteroatoms. The number of allylic oxidation sites excluding steroid dienone is 2. The maximum absolute atomic E-state index is 4.60. The van der Waals surface area contributed by atoms with Crippen LogP contribution < -0.4 is 0 Å². The minimum atomic E-state index is 0.234. The highest BCUT2D eigenvalue weighted by Gasteiger charge is 2.13. The van der Waals surface area contributed by atoms with Crippen molar-refractivity contribution in [3.8, 4) is 0 Å². The Morgan fingerprint density at radius 3 is 2.30 bits per heavy atom. The van der Waals surface area contributed by atoms with Crippen LogP contribution in [-0.4, -0.2) is 12.3 Å². The Labute approximate surface area is 124 Å². The summed E-state index contributed by atoms with van der Waals surface area (Å²) in [5, 5.41) is 0. The molecule has 110 valence electrons. The van der Waals surface area contributed by atoms with Gasteiger partial charge in [-0.25, -0.2) is 0 Å². The van der Waals surface area contributed by atoms with Crippen LogP contribution in [0, 0.1) is 5.92 Å². The molecule has 0 bridgehead atoms. The zero-order valence-electron chi connectivity index (χ0n) is 13.9. The highest BCUT2D eigenvalue weighted by atomic mass is 14.7.